The number of H-pyrrole nitrogens is 2. The number of aromatic nitrogens is 2. The molecule has 0 aromatic carbocycles. The van der Waals surface area contributed by atoms with Crippen molar-refractivity contribution in [2.75, 3.05) is 6.61 Å². The summed E-state index contributed by atoms with van der Waals surface area (Å²) >= 11 is 0. The van der Waals surface area contributed by atoms with Crippen molar-refractivity contribution in [2.24, 2.45) is 0 Å². The predicted molar refractivity (Wildman–Crippen MR) is 71.3 cm³/mol. The minimum atomic E-state index is -0.725. The van der Waals surface area contributed by atoms with E-state index in [9.17, 15) is 14.4 Å². The summed E-state index contributed by atoms with van der Waals surface area (Å²) < 4.78 is 4.97. The zero-order valence-corrected chi connectivity index (χ0v) is 11.2. The summed E-state index contributed by atoms with van der Waals surface area (Å²) in [7, 11) is 0. The molecule has 0 fully saturated rings. The van der Waals surface area contributed by atoms with Crippen molar-refractivity contribution < 1.29 is 9.53 Å². The molecule has 0 saturated heterocycles. The number of unbranched alkanes of at least 4 members (excludes halogenated alkanes) is 5. The Balaban J connectivity index is 2.28. The van der Waals surface area contributed by atoms with Crippen LogP contribution in [0.5, 0.6) is 0 Å². The van der Waals surface area contributed by atoms with E-state index in [1.54, 1.807) is 0 Å². The topological polar surface area (TPSA) is 92.0 Å². The lowest BCUT2D eigenvalue weighted by atomic mass is 10.1. The van der Waals surface area contributed by atoms with E-state index >= 15 is 0 Å². The quantitative estimate of drug-likeness (QED) is 0.553. The van der Waals surface area contributed by atoms with Crippen LogP contribution in [0, 0.1) is 0 Å². The number of aromatic amines is 2. The van der Waals surface area contributed by atoms with Crippen LogP contribution < -0.4 is 11.2 Å². The van der Waals surface area contributed by atoms with Crippen molar-refractivity contribution >= 4 is 5.97 Å². The molecule has 6 heteroatoms. The SMILES string of the molecule is CCCCCCCCOC(=O)c1c[nH]c(=O)[nH]c1=O. The van der Waals surface area contributed by atoms with E-state index in [1.165, 1.54) is 19.3 Å². The first kappa shape index (κ1) is 15.2. The fourth-order valence-corrected chi connectivity index (χ4v) is 1.69. The van der Waals surface area contributed by atoms with E-state index in [2.05, 4.69) is 11.9 Å². The van der Waals surface area contributed by atoms with Gasteiger partial charge in [-0.2, -0.15) is 0 Å². The van der Waals surface area contributed by atoms with Crippen LogP contribution in [-0.4, -0.2) is 22.5 Å². The lowest BCUT2D eigenvalue weighted by molar-refractivity contribution is 0.0495. The third-order valence-corrected chi connectivity index (χ3v) is 2.77. The van der Waals surface area contributed by atoms with Crippen LogP contribution in [0.3, 0.4) is 0 Å². The Kier molecular flexibility index (Phi) is 6.63. The van der Waals surface area contributed by atoms with E-state index in [1.807, 2.05) is 4.98 Å². The second-order valence-corrected chi connectivity index (χ2v) is 4.39. The molecule has 1 rings (SSSR count). The van der Waals surface area contributed by atoms with E-state index in [4.69, 9.17) is 4.74 Å². The first-order valence-corrected chi connectivity index (χ1v) is 6.64. The van der Waals surface area contributed by atoms with Crippen LogP contribution in [0.2, 0.25) is 0 Å². The number of carbonyl (C=O) groups is 1. The molecule has 6 nitrogen and oxygen atoms in total. The minimum absolute atomic E-state index is 0.175. The van der Waals surface area contributed by atoms with Gasteiger partial charge in [-0.1, -0.05) is 39.0 Å². The van der Waals surface area contributed by atoms with Crippen LogP contribution in [-0.2, 0) is 4.74 Å². The molecule has 2 N–H and O–H groups in total. The average Bonchev–Trinajstić information content (AvgIpc) is 2.37. The van der Waals surface area contributed by atoms with Gasteiger partial charge in [0.1, 0.15) is 5.56 Å². The highest BCUT2D eigenvalue weighted by Gasteiger charge is 2.11. The van der Waals surface area contributed by atoms with Crippen molar-refractivity contribution in [3.05, 3.63) is 32.6 Å². The van der Waals surface area contributed by atoms with Gasteiger partial charge in [-0.25, -0.2) is 9.59 Å². The molecule has 0 saturated carbocycles. The Morgan fingerprint density at radius 1 is 1.16 bits per heavy atom. The summed E-state index contributed by atoms with van der Waals surface area (Å²) in [5.41, 5.74) is -1.54. The van der Waals surface area contributed by atoms with Gasteiger partial charge < -0.3 is 9.72 Å². The molecular formula is C13H20N2O4. The normalized spacial score (nSPS) is 10.4. The molecule has 1 aromatic rings. The molecule has 1 aromatic heterocycles. The number of hydrogen-bond donors (Lipinski definition) is 2. The lowest BCUT2D eigenvalue weighted by Crippen LogP contribution is -2.28. The Hall–Kier alpha value is -1.85. The van der Waals surface area contributed by atoms with E-state index in [0.29, 0.717) is 6.61 Å². The number of carbonyl (C=O) groups excluding carboxylic acids is 1. The highest BCUT2D eigenvalue weighted by Crippen LogP contribution is 2.05. The summed E-state index contributed by atoms with van der Waals surface area (Å²) in [6.07, 6.45) is 7.63. The Bertz CT molecular complexity index is 504. The fourth-order valence-electron chi connectivity index (χ4n) is 1.69. The third-order valence-electron chi connectivity index (χ3n) is 2.77. The van der Waals surface area contributed by atoms with Gasteiger partial charge >= 0.3 is 11.7 Å². The van der Waals surface area contributed by atoms with Gasteiger partial charge in [0, 0.05) is 6.20 Å². The molecule has 0 aliphatic carbocycles. The molecule has 106 valence electrons. The second-order valence-electron chi connectivity index (χ2n) is 4.39. The standard InChI is InChI=1S/C13H20N2O4/c1-2-3-4-5-6-7-8-19-12(17)10-9-14-13(18)15-11(10)16/h9H,2-8H2,1H3,(H2,14,15,16,18). The molecule has 0 amide bonds. The highest BCUT2D eigenvalue weighted by atomic mass is 16.5. The predicted octanol–water partition coefficient (Wildman–Crippen LogP) is 1.58. The molecule has 1 heterocycles. The van der Waals surface area contributed by atoms with Crippen LogP contribution in [0.15, 0.2) is 15.8 Å². The second kappa shape index (κ2) is 8.29. The molecule has 0 spiro atoms. The number of esters is 1. The van der Waals surface area contributed by atoms with Gasteiger partial charge in [-0.3, -0.25) is 9.78 Å². The van der Waals surface area contributed by atoms with Crippen LogP contribution in [0.25, 0.3) is 0 Å². The highest BCUT2D eigenvalue weighted by molar-refractivity contribution is 5.88. The van der Waals surface area contributed by atoms with E-state index < -0.39 is 17.2 Å². The fraction of sp³-hybridized carbons (Fsp3) is 0.615. The molecule has 0 radical (unpaired) electrons. The average molecular weight is 268 g/mol. The first-order chi connectivity index (χ1) is 9.15. The Morgan fingerprint density at radius 3 is 2.53 bits per heavy atom. The van der Waals surface area contributed by atoms with Gasteiger partial charge in [-0.05, 0) is 6.42 Å². The molecule has 0 bridgehead atoms. The van der Waals surface area contributed by atoms with Gasteiger partial charge in [0.05, 0.1) is 6.61 Å². The van der Waals surface area contributed by atoms with Gasteiger partial charge in [0.15, 0.2) is 0 Å². The van der Waals surface area contributed by atoms with Gasteiger partial charge in [-0.15, -0.1) is 0 Å². The number of ether oxygens (including phenoxy) is 1. The number of hydrogen-bond acceptors (Lipinski definition) is 4. The smallest absolute Gasteiger partial charge is 0.345 e. The largest absolute Gasteiger partial charge is 0.462 e. The zero-order valence-electron chi connectivity index (χ0n) is 11.2. The molecule has 0 aliphatic heterocycles. The minimum Gasteiger partial charge on any atom is -0.462 e. The number of nitrogens with one attached hydrogen (secondary N) is 2. The number of rotatable bonds is 8. The Morgan fingerprint density at radius 2 is 1.84 bits per heavy atom. The summed E-state index contributed by atoms with van der Waals surface area (Å²) in [4.78, 5) is 37.9. The molecule has 0 aliphatic rings. The maximum Gasteiger partial charge on any atom is 0.345 e. The van der Waals surface area contributed by atoms with Crippen molar-refractivity contribution in [2.45, 2.75) is 45.4 Å². The van der Waals surface area contributed by atoms with Crippen molar-refractivity contribution in [3.63, 3.8) is 0 Å². The summed E-state index contributed by atoms with van der Waals surface area (Å²) in [6.45, 7) is 2.45. The van der Waals surface area contributed by atoms with E-state index in [0.717, 1.165) is 25.5 Å². The Labute approximate surface area is 111 Å². The monoisotopic (exact) mass is 268 g/mol. The molecular weight excluding hydrogens is 248 g/mol. The summed E-state index contributed by atoms with van der Waals surface area (Å²) in [6, 6.07) is 0. The van der Waals surface area contributed by atoms with Crippen LogP contribution >= 0.6 is 0 Å². The molecule has 0 atom stereocenters. The maximum atomic E-state index is 11.5. The van der Waals surface area contributed by atoms with Crippen molar-refractivity contribution in [3.8, 4) is 0 Å². The maximum absolute atomic E-state index is 11.5. The zero-order chi connectivity index (χ0) is 14.1. The summed E-state index contributed by atoms with van der Waals surface area (Å²) in [5.74, 6) is -0.703. The first-order valence-electron chi connectivity index (χ1n) is 6.64. The van der Waals surface area contributed by atoms with Crippen LogP contribution in [0.1, 0.15) is 55.8 Å². The molecule has 19 heavy (non-hydrogen) atoms. The molecule has 0 unspecified atom stereocenters. The van der Waals surface area contributed by atoms with E-state index in [-0.39, 0.29) is 5.56 Å². The van der Waals surface area contributed by atoms with Crippen LogP contribution in [0.4, 0.5) is 0 Å². The van der Waals surface area contributed by atoms with Crippen molar-refractivity contribution in [1.29, 1.82) is 0 Å². The third kappa shape index (κ3) is 5.54. The lowest BCUT2D eigenvalue weighted by Gasteiger charge is -2.04. The van der Waals surface area contributed by atoms with Gasteiger partial charge in [0.2, 0.25) is 0 Å². The van der Waals surface area contributed by atoms with Crippen molar-refractivity contribution in [1.82, 2.24) is 9.97 Å². The summed E-state index contributed by atoms with van der Waals surface area (Å²) in [5, 5.41) is 0. The van der Waals surface area contributed by atoms with Gasteiger partial charge in [0.25, 0.3) is 5.56 Å².